The molecule has 1 aromatic carbocycles. The number of nitrogens with zero attached hydrogens (tertiary/aromatic N) is 2. The number of sulfonamides is 1. The number of hydrogen-bond acceptors (Lipinski definition) is 11. The Labute approximate surface area is 327 Å². The monoisotopic (exact) mass is 799 g/mol. The summed E-state index contributed by atoms with van der Waals surface area (Å²) in [6.07, 6.45) is 4.17. The van der Waals surface area contributed by atoms with Crippen molar-refractivity contribution in [2.24, 2.45) is 16.7 Å². The number of amides is 5. The number of benzene rings is 1. The molecule has 3 heterocycles. The minimum absolute atomic E-state index is 0.0305. The first-order valence-electron chi connectivity index (χ1n) is 18.9. The van der Waals surface area contributed by atoms with Gasteiger partial charge in [-0.05, 0) is 42.7 Å². The lowest BCUT2D eigenvalue weighted by molar-refractivity contribution is -0.143. The van der Waals surface area contributed by atoms with Gasteiger partial charge < -0.3 is 34.5 Å². The van der Waals surface area contributed by atoms with Crippen LogP contribution in [-0.4, -0.2) is 104 Å². The average molecular weight is 800 g/mol. The Balaban J connectivity index is 1.30. The van der Waals surface area contributed by atoms with E-state index >= 15 is 0 Å². The average Bonchev–Trinajstić information content (AvgIpc) is 4.02. The van der Waals surface area contributed by atoms with Gasteiger partial charge in [0.2, 0.25) is 21.8 Å². The van der Waals surface area contributed by atoms with E-state index in [-0.39, 0.29) is 45.7 Å². The van der Waals surface area contributed by atoms with Crippen LogP contribution in [0.4, 0.5) is 9.59 Å². The van der Waals surface area contributed by atoms with Gasteiger partial charge in [0.05, 0.1) is 32.1 Å². The van der Waals surface area contributed by atoms with Crippen LogP contribution in [0.1, 0.15) is 77.8 Å². The number of fused-ring (bicyclic) bond motifs is 3. The quantitative estimate of drug-likeness (QED) is 0.342. The molecule has 0 spiro atoms. The van der Waals surface area contributed by atoms with Gasteiger partial charge in [-0.3, -0.25) is 24.0 Å². The molecule has 3 fully saturated rings. The summed E-state index contributed by atoms with van der Waals surface area (Å²) in [6.45, 7) is 13.3. The van der Waals surface area contributed by atoms with Crippen LogP contribution in [-0.2, 0) is 47.0 Å². The molecule has 1 aromatic rings. The third-order valence-electron chi connectivity index (χ3n) is 11.0. The maximum Gasteiger partial charge on any atom is 0.410 e. The standard InChI is InChI=1S/C39H53N5O11S/c1-8-24-18-39(24,34(47)42-56(50,51)26-12-13-26)41-32(45)28-17-25-20-44(28)33(46)31(37(2,3)4)40-35(48)54-22-38(5,6)15-9-10-16-53-30-27-21-43(36(49)55-25)19-23(27)11-14-29(30)52-7/h8-11,14,24-26,28,31H,1,12-13,15-22H2,2-7H3,(H,40,48)(H,41,45)(H,42,47)/b10-9+/t24-,25?,28-,31+,39-/m0/s1. The van der Waals surface area contributed by atoms with E-state index in [9.17, 15) is 32.4 Å². The molecule has 4 bridgehead atoms. The lowest BCUT2D eigenvalue weighted by atomic mass is 9.85. The van der Waals surface area contributed by atoms with Gasteiger partial charge in [0.25, 0.3) is 5.91 Å². The summed E-state index contributed by atoms with van der Waals surface area (Å²) in [5.74, 6) is -1.83. The van der Waals surface area contributed by atoms with Crippen molar-refractivity contribution in [1.29, 1.82) is 0 Å². The number of carbonyl (C=O) groups is 5. The summed E-state index contributed by atoms with van der Waals surface area (Å²) in [5, 5.41) is 4.78. The first-order chi connectivity index (χ1) is 26.3. The van der Waals surface area contributed by atoms with E-state index in [1.807, 2.05) is 32.1 Å². The fourth-order valence-corrected chi connectivity index (χ4v) is 8.74. The van der Waals surface area contributed by atoms with Crippen LogP contribution in [0.25, 0.3) is 0 Å². The highest BCUT2D eigenvalue weighted by molar-refractivity contribution is 7.91. The molecule has 16 nitrogen and oxygen atoms in total. The zero-order valence-corrected chi connectivity index (χ0v) is 33.7. The molecule has 3 N–H and O–H groups in total. The second-order valence-corrected chi connectivity index (χ2v) is 19.2. The van der Waals surface area contributed by atoms with Crippen molar-refractivity contribution < 1.29 is 51.3 Å². The van der Waals surface area contributed by atoms with Crippen LogP contribution in [0.2, 0.25) is 0 Å². The van der Waals surface area contributed by atoms with E-state index in [1.165, 1.54) is 23.0 Å². The molecule has 1 saturated heterocycles. The van der Waals surface area contributed by atoms with Gasteiger partial charge in [-0.25, -0.2) is 18.0 Å². The fourth-order valence-electron chi connectivity index (χ4n) is 7.38. The largest absolute Gasteiger partial charge is 0.493 e. The molecule has 0 radical (unpaired) electrons. The van der Waals surface area contributed by atoms with Crippen LogP contribution in [0.5, 0.6) is 11.5 Å². The summed E-state index contributed by atoms with van der Waals surface area (Å²) in [4.78, 5) is 72.1. The van der Waals surface area contributed by atoms with E-state index in [1.54, 1.807) is 26.8 Å². The molecular weight excluding hydrogens is 747 g/mol. The zero-order chi connectivity index (χ0) is 40.8. The fraction of sp³-hybridized carbons (Fsp3) is 0.615. The number of hydrogen-bond donors (Lipinski definition) is 3. The highest BCUT2D eigenvalue weighted by Gasteiger charge is 2.62. The first-order valence-corrected chi connectivity index (χ1v) is 20.5. The van der Waals surface area contributed by atoms with E-state index in [2.05, 4.69) is 21.9 Å². The van der Waals surface area contributed by atoms with Crippen LogP contribution in [0.3, 0.4) is 0 Å². The SMILES string of the molecule is C=C[C@H]1C[C@@]1(NC(=O)[C@@H]1CC2CN1C(=O)[C@H](C(C)(C)C)NC(=O)OCC(C)(C)C/C=C/COc1c(OC)ccc3c1CN(C3)C(=O)O2)C(=O)NS(=O)(=O)C1CC1. The van der Waals surface area contributed by atoms with Crippen molar-refractivity contribution in [1.82, 2.24) is 25.2 Å². The third kappa shape index (κ3) is 8.61. The number of rotatable bonds is 7. The number of nitrogens with one attached hydrogen (secondary N) is 3. The third-order valence-corrected chi connectivity index (χ3v) is 12.8. The maximum absolute atomic E-state index is 14.5. The highest BCUT2D eigenvalue weighted by atomic mass is 32.2. The van der Waals surface area contributed by atoms with Gasteiger partial charge in [-0.2, -0.15) is 0 Å². The molecule has 0 aromatic heterocycles. The maximum atomic E-state index is 14.5. The minimum Gasteiger partial charge on any atom is -0.493 e. The Kier molecular flexibility index (Phi) is 11.1. The van der Waals surface area contributed by atoms with Crippen LogP contribution < -0.4 is 24.8 Å². The van der Waals surface area contributed by atoms with Gasteiger partial charge in [0, 0.05) is 29.9 Å². The normalized spacial score (nSPS) is 28.7. The van der Waals surface area contributed by atoms with Gasteiger partial charge >= 0.3 is 12.2 Å². The number of allylic oxidation sites excluding steroid dienone is 1. The molecule has 5 amide bonds. The molecule has 17 heteroatoms. The molecule has 5 atom stereocenters. The van der Waals surface area contributed by atoms with E-state index in [4.69, 9.17) is 18.9 Å². The Bertz CT molecular complexity index is 1920. The van der Waals surface area contributed by atoms with Crippen LogP contribution in [0, 0.1) is 16.7 Å². The number of cyclic esters (lactones) is 1. The summed E-state index contributed by atoms with van der Waals surface area (Å²) in [5.41, 5.74) is -1.35. The molecular formula is C39H53N5O11S. The molecule has 6 rings (SSSR count). The second-order valence-electron chi connectivity index (χ2n) is 17.2. The van der Waals surface area contributed by atoms with Crippen molar-refractivity contribution in [2.45, 2.75) is 109 Å². The lowest BCUT2D eigenvalue weighted by Crippen LogP contribution is -2.60. The second kappa shape index (κ2) is 15.3. The van der Waals surface area contributed by atoms with Gasteiger partial charge in [0.15, 0.2) is 11.5 Å². The zero-order valence-electron chi connectivity index (χ0n) is 32.8. The molecule has 3 aliphatic heterocycles. The Morgan fingerprint density at radius 3 is 2.46 bits per heavy atom. The Hall–Kier alpha value is -4.80. The smallest absolute Gasteiger partial charge is 0.410 e. The summed E-state index contributed by atoms with van der Waals surface area (Å²) >= 11 is 0. The summed E-state index contributed by atoms with van der Waals surface area (Å²) < 4.78 is 50.9. The molecule has 5 aliphatic rings. The molecule has 2 saturated carbocycles. The van der Waals surface area contributed by atoms with Crippen molar-refractivity contribution in [3.05, 3.63) is 48.1 Å². The number of alkyl carbamates (subject to hydrolysis) is 1. The van der Waals surface area contributed by atoms with Crippen LogP contribution in [0.15, 0.2) is 36.9 Å². The van der Waals surface area contributed by atoms with E-state index in [0.29, 0.717) is 30.8 Å². The Morgan fingerprint density at radius 1 is 1.09 bits per heavy atom. The predicted octanol–water partition coefficient (Wildman–Crippen LogP) is 3.29. The first kappa shape index (κ1) is 40.9. The predicted molar refractivity (Wildman–Crippen MR) is 203 cm³/mol. The Morgan fingerprint density at radius 2 is 1.82 bits per heavy atom. The number of methoxy groups -OCH3 is 1. The molecule has 56 heavy (non-hydrogen) atoms. The van der Waals surface area contributed by atoms with Gasteiger partial charge in [-0.15, -0.1) is 6.58 Å². The molecule has 306 valence electrons. The molecule has 2 aliphatic carbocycles. The lowest BCUT2D eigenvalue weighted by Gasteiger charge is -2.35. The molecule has 1 unspecified atom stereocenters. The summed E-state index contributed by atoms with van der Waals surface area (Å²) in [7, 11) is -2.40. The van der Waals surface area contributed by atoms with Gasteiger partial charge in [0.1, 0.15) is 30.3 Å². The van der Waals surface area contributed by atoms with E-state index < -0.39 is 85.7 Å². The topological polar surface area (TPSA) is 199 Å². The van der Waals surface area contributed by atoms with Crippen molar-refractivity contribution in [2.75, 3.05) is 26.9 Å². The number of ether oxygens (including phenoxy) is 4. The van der Waals surface area contributed by atoms with Crippen molar-refractivity contribution in [3.63, 3.8) is 0 Å². The van der Waals surface area contributed by atoms with Crippen LogP contribution >= 0.6 is 0 Å². The van der Waals surface area contributed by atoms with Crippen molar-refractivity contribution >= 4 is 39.9 Å². The highest BCUT2D eigenvalue weighted by Crippen LogP contribution is 2.46. The number of carbonyl (C=O) groups excluding carboxylic acids is 5. The summed E-state index contributed by atoms with van der Waals surface area (Å²) in [6, 6.07) is 1.19. The van der Waals surface area contributed by atoms with Gasteiger partial charge in [-0.1, -0.05) is 58.9 Å². The van der Waals surface area contributed by atoms with Crippen molar-refractivity contribution in [3.8, 4) is 11.5 Å². The van der Waals surface area contributed by atoms with E-state index in [0.717, 1.165) is 11.1 Å². The minimum atomic E-state index is -3.93.